The van der Waals surface area contributed by atoms with E-state index >= 15 is 0 Å². The summed E-state index contributed by atoms with van der Waals surface area (Å²) in [6.45, 7) is 5.77. The molecule has 1 amide bonds. The lowest BCUT2D eigenvalue weighted by molar-refractivity contribution is 0.0932. The van der Waals surface area contributed by atoms with Crippen LogP contribution in [0, 0.1) is 11.7 Å². The number of carbonyl (C=O) groups is 1. The molecule has 3 N–H and O–H groups in total. The van der Waals surface area contributed by atoms with Crippen LogP contribution in [-0.2, 0) is 10.0 Å². The Balaban J connectivity index is 3.10. The predicted molar refractivity (Wildman–Crippen MR) is 79.2 cm³/mol. The first-order valence-corrected chi connectivity index (χ1v) is 8.27. The predicted octanol–water partition coefficient (Wildman–Crippen LogP) is 2.29. The number of sulfonamides is 1. The smallest absolute Gasteiger partial charge is 0.254 e. The fourth-order valence-corrected chi connectivity index (χ4v) is 3.07. The van der Waals surface area contributed by atoms with Gasteiger partial charge in [-0.25, -0.2) is 17.9 Å². The highest BCUT2D eigenvalue weighted by atomic mass is 35.5. The van der Waals surface area contributed by atoms with Gasteiger partial charge in [0, 0.05) is 6.04 Å². The molecule has 0 spiro atoms. The molecule has 1 unspecified atom stereocenters. The Morgan fingerprint density at radius 3 is 2.43 bits per heavy atom. The Kier molecular flexibility index (Phi) is 5.72. The number of nitrogens with two attached hydrogens (primary N) is 1. The van der Waals surface area contributed by atoms with Crippen molar-refractivity contribution in [3.8, 4) is 0 Å². The lowest BCUT2D eigenvalue weighted by atomic mass is 10.0. The van der Waals surface area contributed by atoms with Gasteiger partial charge in [-0.1, -0.05) is 25.4 Å². The first-order chi connectivity index (χ1) is 9.52. The number of primary sulfonamides is 1. The molecule has 5 nitrogen and oxygen atoms in total. The highest BCUT2D eigenvalue weighted by Crippen LogP contribution is 2.24. The molecule has 0 aliphatic rings. The van der Waals surface area contributed by atoms with Crippen molar-refractivity contribution in [3.05, 3.63) is 28.5 Å². The molecular weight excluding hydrogens is 319 g/mol. The average molecular weight is 337 g/mol. The van der Waals surface area contributed by atoms with Crippen molar-refractivity contribution in [2.24, 2.45) is 11.1 Å². The van der Waals surface area contributed by atoms with Crippen LogP contribution in [0.15, 0.2) is 17.0 Å². The number of carbonyl (C=O) groups excluding carboxylic acids is 1. The Labute approximate surface area is 128 Å². The molecular formula is C13H18ClFN2O3S. The Morgan fingerprint density at radius 2 is 1.95 bits per heavy atom. The SMILES string of the molecule is CC(C)CC(C)NC(=O)c1cc(S(N)(=O)=O)c(Cl)cc1F. The highest BCUT2D eigenvalue weighted by Gasteiger charge is 2.21. The van der Waals surface area contributed by atoms with Crippen LogP contribution >= 0.6 is 11.6 Å². The zero-order chi connectivity index (χ0) is 16.4. The summed E-state index contributed by atoms with van der Waals surface area (Å²) >= 11 is 5.63. The van der Waals surface area contributed by atoms with E-state index < -0.39 is 32.2 Å². The Bertz CT molecular complexity index is 647. The number of hydrogen-bond donors (Lipinski definition) is 2. The van der Waals surface area contributed by atoms with Gasteiger partial charge in [-0.2, -0.15) is 0 Å². The van der Waals surface area contributed by atoms with Crippen molar-refractivity contribution in [3.63, 3.8) is 0 Å². The summed E-state index contributed by atoms with van der Waals surface area (Å²) < 4.78 is 36.5. The molecule has 0 saturated heterocycles. The number of benzene rings is 1. The molecule has 8 heteroatoms. The van der Waals surface area contributed by atoms with Gasteiger partial charge in [-0.05, 0) is 31.4 Å². The minimum absolute atomic E-state index is 0.175. The third-order valence-corrected chi connectivity index (χ3v) is 4.15. The largest absolute Gasteiger partial charge is 0.349 e. The Morgan fingerprint density at radius 1 is 1.38 bits per heavy atom. The van der Waals surface area contributed by atoms with Gasteiger partial charge >= 0.3 is 0 Å². The second-order valence-electron chi connectivity index (χ2n) is 5.31. The van der Waals surface area contributed by atoms with Crippen LogP contribution in [0.1, 0.15) is 37.6 Å². The maximum Gasteiger partial charge on any atom is 0.254 e. The van der Waals surface area contributed by atoms with Crippen LogP contribution in [0.3, 0.4) is 0 Å². The standard InChI is InChI=1S/C13H18ClFN2O3S/c1-7(2)4-8(3)17-13(18)9-5-12(21(16,19)20)10(14)6-11(9)15/h5-8H,4H2,1-3H3,(H,17,18)(H2,16,19,20). The van der Waals surface area contributed by atoms with Gasteiger partial charge < -0.3 is 5.32 Å². The minimum atomic E-state index is -4.13. The number of rotatable bonds is 5. The van der Waals surface area contributed by atoms with Crippen molar-refractivity contribution < 1.29 is 17.6 Å². The van der Waals surface area contributed by atoms with Crippen LogP contribution in [0.25, 0.3) is 0 Å². The van der Waals surface area contributed by atoms with Crippen LogP contribution in [0.2, 0.25) is 5.02 Å². The molecule has 21 heavy (non-hydrogen) atoms. The molecule has 0 aromatic heterocycles. The summed E-state index contributed by atoms with van der Waals surface area (Å²) in [5, 5.41) is 7.23. The van der Waals surface area contributed by atoms with Crippen molar-refractivity contribution in [1.82, 2.24) is 5.32 Å². The minimum Gasteiger partial charge on any atom is -0.349 e. The summed E-state index contributed by atoms with van der Waals surface area (Å²) in [5.74, 6) is -1.25. The van der Waals surface area contributed by atoms with Gasteiger partial charge in [0.25, 0.3) is 5.91 Å². The van der Waals surface area contributed by atoms with Crippen LogP contribution in [-0.4, -0.2) is 20.4 Å². The third-order valence-electron chi connectivity index (χ3n) is 2.78. The van der Waals surface area contributed by atoms with E-state index in [1.807, 2.05) is 13.8 Å². The maximum absolute atomic E-state index is 13.8. The van der Waals surface area contributed by atoms with E-state index in [-0.39, 0.29) is 11.1 Å². The Hall–Kier alpha value is -1.18. The molecule has 1 atom stereocenters. The van der Waals surface area contributed by atoms with E-state index in [0.29, 0.717) is 12.3 Å². The average Bonchev–Trinajstić information content (AvgIpc) is 2.24. The van der Waals surface area contributed by atoms with Crippen molar-refractivity contribution in [2.75, 3.05) is 0 Å². The molecule has 0 aliphatic carbocycles. The quantitative estimate of drug-likeness (QED) is 0.864. The summed E-state index contributed by atoms with van der Waals surface area (Å²) in [5.41, 5.74) is -0.404. The van der Waals surface area contributed by atoms with E-state index in [0.717, 1.165) is 12.1 Å². The van der Waals surface area contributed by atoms with E-state index in [2.05, 4.69) is 5.32 Å². The molecule has 1 aromatic rings. The number of amides is 1. The molecule has 0 aliphatic heterocycles. The fraction of sp³-hybridized carbons (Fsp3) is 0.462. The first-order valence-electron chi connectivity index (χ1n) is 6.35. The fourth-order valence-electron chi connectivity index (χ4n) is 1.99. The monoisotopic (exact) mass is 336 g/mol. The van der Waals surface area contributed by atoms with Crippen molar-refractivity contribution in [2.45, 2.75) is 38.1 Å². The summed E-state index contributed by atoms with van der Waals surface area (Å²) in [4.78, 5) is 11.5. The van der Waals surface area contributed by atoms with Gasteiger partial charge in [0.15, 0.2) is 0 Å². The molecule has 0 fully saturated rings. The number of hydrogen-bond acceptors (Lipinski definition) is 3. The van der Waals surface area contributed by atoms with Crippen LogP contribution < -0.4 is 10.5 Å². The topological polar surface area (TPSA) is 89.3 Å². The van der Waals surface area contributed by atoms with Gasteiger partial charge in [0.05, 0.1) is 10.6 Å². The zero-order valence-electron chi connectivity index (χ0n) is 12.0. The summed E-state index contributed by atoms with van der Waals surface area (Å²) in [7, 11) is -4.13. The number of nitrogens with one attached hydrogen (secondary N) is 1. The van der Waals surface area contributed by atoms with E-state index in [1.54, 1.807) is 6.92 Å². The van der Waals surface area contributed by atoms with E-state index in [4.69, 9.17) is 16.7 Å². The molecule has 0 radical (unpaired) electrons. The van der Waals surface area contributed by atoms with Crippen LogP contribution in [0.4, 0.5) is 4.39 Å². The molecule has 1 aromatic carbocycles. The number of halogens is 2. The van der Waals surface area contributed by atoms with E-state index in [1.165, 1.54) is 0 Å². The second-order valence-corrected chi connectivity index (χ2v) is 7.25. The van der Waals surface area contributed by atoms with Crippen molar-refractivity contribution in [1.29, 1.82) is 0 Å². The molecule has 118 valence electrons. The first kappa shape index (κ1) is 17.9. The van der Waals surface area contributed by atoms with Gasteiger partial charge in [-0.3, -0.25) is 4.79 Å². The lowest BCUT2D eigenvalue weighted by Gasteiger charge is -2.16. The molecule has 0 bridgehead atoms. The third kappa shape index (κ3) is 4.94. The van der Waals surface area contributed by atoms with Gasteiger partial charge in [0.1, 0.15) is 10.7 Å². The molecule has 0 heterocycles. The zero-order valence-corrected chi connectivity index (χ0v) is 13.6. The van der Waals surface area contributed by atoms with Crippen LogP contribution in [0.5, 0.6) is 0 Å². The molecule has 1 rings (SSSR count). The highest BCUT2D eigenvalue weighted by molar-refractivity contribution is 7.89. The lowest BCUT2D eigenvalue weighted by Crippen LogP contribution is -2.34. The summed E-state index contributed by atoms with van der Waals surface area (Å²) in [6.07, 6.45) is 0.711. The van der Waals surface area contributed by atoms with Gasteiger partial charge in [-0.15, -0.1) is 0 Å². The van der Waals surface area contributed by atoms with E-state index in [9.17, 15) is 17.6 Å². The second kappa shape index (κ2) is 6.72. The van der Waals surface area contributed by atoms with Crippen molar-refractivity contribution >= 4 is 27.5 Å². The maximum atomic E-state index is 13.8. The normalized spacial score (nSPS) is 13.3. The summed E-state index contributed by atoms with van der Waals surface area (Å²) in [6, 6.07) is 1.44. The van der Waals surface area contributed by atoms with Gasteiger partial charge in [0.2, 0.25) is 10.0 Å². The molecule has 0 saturated carbocycles.